The van der Waals surface area contributed by atoms with Crippen molar-refractivity contribution in [1.29, 1.82) is 0 Å². The van der Waals surface area contributed by atoms with E-state index in [1.165, 1.54) is 11.5 Å². The zero-order chi connectivity index (χ0) is 21.6. The Morgan fingerprint density at radius 1 is 1.23 bits per heavy atom. The Morgan fingerprint density at radius 3 is 2.77 bits per heavy atom. The molecule has 0 radical (unpaired) electrons. The van der Waals surface area contributed by atoms with Crippen LogP contribution in [0.1, 0.15) is 31.5 Å². The lowest BCUT2D eigenvalue weighted by atomic mass is 9.92. The molecule has 1 atom stereocenters. The summed E-state index contributed by atoms with van der Waals surface area (Å²) in [6.07, 6.45) is 0.263. The fourth-order valence-corrected chi connectivity index (χ4v) is 4.85. The van der Waals surface area contributed by atoms with Crippen LogP contribution in [0.2, 0.25) is 0 Å². The number of cyclic esters (lactones) is 1. The minimum absolute atomic E-state index is 0.0135. The standard InChI is InChI=1S/C19H23F2N7O2S/c1-11-22-17(31-26-11)16-24-14(23-12-2-4-19(20,21)5-3-12)8-15(25-16)27-6-7-28-13(9-27)10-30-18(28)29/h8,12-13H,2-7,9-10H2,1H3,(H,23,24,25). The van der Waals surface area contributed by atoms with Crippen molar-refractivity contribution in [2.45, 2.75) is 50.6 Å². The molecule has 1 saturated carbocycles. The molecule has 2 saturated heterocycles. The molecule has 0 aromatic carbocycles. The van der Waals surface area contributed by atoms with Crippen LogP contribution in [0, 0.1) is 6.92 Å². The van der Waals surface area contributed by atoms with Gasteiger partial charge in [0.05, 0.1) is 6.04 Å². The summed E-state index contributed by atoms with van der Waals surface area (Å²) in [6, 6.07) is 1.77. The number of ether oxygens (including phenoxy) is 1. The molecule has 166 valence electrons. The van der Waals surface area contributed by atoms with Crippen LogP contribution in [0.3, 0.4) is 0 Å². The van der Waals surface area contributed by atoms with E-state index in [0.717, 1.165) is 0 Å². The van der Waals surface area contributed by atoms with E-state index in [-0.39, 0.29) is 31.0 Å². The molecule has 1 unspecified atom stereocenters. The first-order valence-electron chi connectivity index (χ1n) is 10.4. The van der Waals surface area contributed by atoms with Crippen LogP contribution in [-0.2, 0) is 4.74 Å². The van der Waals surface area contributed by atoms with Crippen molar-refractivity contribution in [3.63, 3.8) is 0 Å². The number of nitrogens with one attached hydrogen (secondary N) is 1. The minimum Gasteiger partial charge on any atom is -0.447 e. The molecule has 1 N–H and O–H groups in total. The number of amides is 1. The summed E-state index contributed by atoms with van der Waals surface area (Å²) in [5.74, 6) is -0.184. The number of hydrogen-bond donors (Lipinski definition) is 1. The van der Waals surface area contributed by atoms with Gasteiger partial charge in [0.2, 0.25) is 5.92 Å². The number of rotatable bonds is 4. The van der Waals surface area contributed by atoms with Crippen LogP contribution >= 0.6 is 11.5 Å². The number of piperazine rings is 1. The Kier molecular flexibility index (Phi) is 5.11. The first-order chi connectivity index (χ1) is 14.9. The number of hydrogen-bond acceptors (Lipinski definition) is 9. The van der Waals surface area contributed by atoms with Gasteiger partial charge in [0, 0.05) is 44.6 Å². The van der Waals surface area contributed by atoms with Crippen molar-refractivity contribution in [3.8, 4) is 10.8 Å². The number of nitrogens with zero attached hydrogens (tertiary/aromatic N) is 6. The van der Waals surface area contributed by atoms with Gasteiger partial charge in [0.15, 0.2) is 10.8 Å². The van der Waals surface area contributed by atoms with E-state index in [2.05, 4.69) is 24.6 Å². The third-order valence-electron chi connectivity index (χ3n) is 5.94. The number of carbonyl (C=O) groups excluding carboxylic acids is 1. The molecule has 2 aromatic rings. The molecule has 31 heavy (non-hydrogen) atoms. The molecule has 4 heterocycles. The topological polar surface area (TPSA) is 96.4 Å². The molecule has 3 fully saturated rings. The Balaban J connectivity index is 1.40. The summed E-state index contributed by atoms with van der Waals surface area (Å²) in [7, 11) is 0. The van der Waals surface area contributed by atoms with Crippen molar-refractivity contribution >= 4 is 29.3 Å². The number of aryl methyl sites for hydroxylation is 1. The van der Waals surface area contributed by atoms with Gasteiger partial charge in [-0.2, -0.15) is 4.37 Å². The normalized spacial score (nSPS) is 23.6. The number of alkyl halides is 2. The lowest BCUT2D eigenvalue weighted by molar-refractivity contribution is -0.0361. The van der Waals surface area contributed by atoms with Crippen LogP contribution in [-0.4, -0.2) is 74.6 Å². The van der Waals surface area contributed by atoms with Gasteiger partial charge in [-0.1, -0.05) is 0 Å². The SMILES string of the molecule is Cc1nsc(-c2nc(NC3CCC(F)(F)CC3)cc(N3CCN4C(=O)OCC4C3)n2)n1. The smallest absolute Gasteiger partial charge is 0.410 e. The average Bonchev–Trinajstić information content (AvgIpc) is 3.35. The third-order valence-corrected chi connectivity index (χ3v) is 6.74. The Bertz CT molecular complexity index is 978. The molecule has 9 nitrogen and oxygen atoms in total. The van der Waals surface area contributed by atoms with Gasteiger partial charge >= 0.3 is 6.09 Å². The van der Waals surface area contributed by atoms with Gasteiger partial charge in [-0.25, -0.2) is 28.5 Å². The minimum atomic E-state index is -2.58. The highest BCUT2D eigenvalue weighted by Crippen LogP contribution is 2.35. The molecule has 1 amide bonds. The van der Waals surface area contributed by atoms with Crippen molar-refractivity contribution in [3.05, 3.63) is 11.9 Å². The van der Waals surface area contributed by atoms with Gasteiger partial charge in [-0.05, 0) is 31.3 Å². The number of aromatic nitrogens is 4. The molecule has 2 aliphatic heterocycles. The van der Waals surface area contributed by atoms with Gasteiger partial charge in [0.25, 0.3) is 0 Å². The van der Waals surface area contributed by atoms with Crippen LogP contribution in [0.25, 0.3) is 10.8 Å². The van der Waals surface area contributed by atoms with E-state index in [4.69, 9.17) is 9.72 Å². The summed E-state index contributed by atoms with van der Waals surface area (Å²) < 4.78 is 36.4. The van der Waals surface area contributed by atoms with Crippen molar-refractivity contribution < 1.29 is 18.3 Å². The quantitative estimate of drug-likeness (QED) is 0.758. The molecular formula is C19H23F2N7O2S. The molecule has 2 aromatic heterocycles. The fourth-order valence-electron chi connectivity index (χ4n) is 4.24. The predicted molar refractivity (Wildman–Crippen MR) is 111 cm³/mol. The zero-order valence-electron chi connectivity index (χ0n) is 17.1. The van der Waals surface area contributed by atoms with Crippen molar-refractivity contribution in [2.75, 3.05) is 36.5 Å². The van der Waals surface area contributed by atoms with E-state index in [1.54, 1.807) is 4.90 Å². The average molecular weight is 452 g/mol. The molecule has 0 bridgehead atoms. The molecular weight excluding hydrogens is 428 g/mol. The number of halogens is 2. The van der Waals surface area contributed by atoms with Crippen LogP contribution in [0.5, 0.6) is 0 Å². The van der Waals surface area contributed by atoms with Crippen LogP contribution in [0.15, 0.2) is 6.07 Å². The number of fused-ring (bicyclic) bond motifs is 1. The third kappa shape index (κ3) is 4.25. The van der Waals surface area contributed by atoms with E-state index >= 15 is 0 Å². The highest BCUT2D eigenvalue weighted by Gasteiger charge is 2.38. The molecule has 5 rings (SSSR count). The maximum absolute atomic E-state index is 13.5. The Hall–Kier alpha value is -2.63. The monoisotopic (exact) mass is 451 g/mol. The number of carbonyl (C=O) groups is 1. The Morgan fingerprint density at radius 2 is 2.03 bits per heavy atom. The van der Waals surface area contributed by atoms with Crippen molar-refractivity contribution in [1.82, 2.24) is 24.2 Å². The fraction of sp³-hybridized carbons (Fsp3) is 0.632. The summed E-state index contributed by atoms with van der Waals surface area (Å²) >= 11 is 1.22. The predicted octanol–water partition coefficient (Wildman–Crippen LogP) is 2.93. The lowest BCUT2D eigenvalue weighted by Crippen LogP contribution is -2.52. The van der Waals surface area contributed by atoms with Crippen LogP contribution < -0.4 is 10.2 Å². The van der Waals surface area contributed by atoms with E-state index < -0.39 is 5.92 Å². The van der Waals surface area contributed by atoms with Gasteiger partial charge in [0.1, 0.15) is 24.1 Å². The van der Waals surface area contributed by atoms with Gasteiger partial charge < -0.3 is 15.0 Å². The van der Waals surface area contributed by atoms with Crippen molar-refractivity contribution in [2.24, 2.45) is 0 Å². The first kappa shape index (κ1) is 20.3. The van der Waals surface area contributed by atoms with Gasteiger partial charge in [-0.3, -0.25) is 4.90 Å². The lowest BCUT2D eigenvalue weighted by Gasteiger charge is -2.36. The maximum atomic E-state index is 13.5. The summed E-state index contributed by atoms with van der Waals surface area (Å²) in [5, 5.41) is 3.93. The molecule has 1 aliphatic carbocycles. The van der Waals surface area contributed by atoms with E-state index in [9.17, 15) is 13.6 Å². The molecule has 3 aliphatic rings. The maximum Gasteiger partial charge on any atom is 0.410 e. The number of anilines is 2. The Labute approximate surface area is 182 Å². The second-order valence-corrected chi connectivity index (χ2v) is 8.98. The summed E-state index contributed by atoms with van der Waals surface area (Å²) in [5.41, 5.74) is 0. The van der Waals surface area contributed by atoms with Crippen LogP contribution in [0.4, 0.5) is 25.2 Å². The molecule has 12 heteroatoms. The van der Waals surface area contributed by atoms with E-state index in [1.807, 2.05) is 13.0 Å². The zero-order valence-corrected chi connectivity index (χ0v) is 17.9. The summed E-state index contributed by atoms with van der Waals surface area (Å²) in [4.78, 5) is 29.4. The van der Waals surface area contributed by atoms with Gasteiger partial charge in [-0.15, -0.1) is 0 Å². The highest BCUT2D eigenvalue weighted by atomic mass is 32.1. The first-order valence-corrected chi connectivity index (χ1v) is 11.2. The molecule has 0 spiro atoms. The highest BCUT2D eigenvalue weighted by molar-refractivity contribution is 7.09. The largest absolute Gasteiger partial charge is 0.447 e. The summed E-state index contributed by atoms with van der Waals surface area (Å²) in [6.45, 7) is 3.95. The second kappa shape index (κ2) is 7.81. The van der Waals surface area contributed by atoms with E-state index in [0.29, 0.717) is 67.4 Å². The second-order valence-electron chi connectivity index (χ2n) is 8.23.